The van der Waals surface area contributed by atoms with Gasteiger partial charge in [0.2, 0.25) is 0 Å². The standard InChI is InChI=1S/C14H21N3O3/c1-20-14-5-4-13(17(18)19)10-12(14)11-15-6-9-16-7-2-3-8-16/h4-5,10,15H,2-3,6-9,11H2,1H3. The fraction of sp³-hybridized carbons (Fsp3) is 0.571. The van der Waals surface area contributed by atoms with Crippen LogP contribution in [0.5, 0.6) is 5.75 Å². The second-order valence-electron chi connectivity index (χ2n) is 4.98. The molecule has 6 nitrogen and oxygen atoms in total. The summed E-state index contributed by atoms with van der Waals surface area (Å²) in [4.78, 5) is 12.8. The van der Waals surface area contributed by atoms with Gasteiger partial charge in [-0.15, -0.1) is 0 Å². The van der Waals surface area contributed by atoms with E-state index in [0.29, 0.717) is 12.3 Å². The van der Waals surface area contributed by atoms with Crippen molar-refractivity contribution in [2.24, 2.45) is 0 Å². The molecule has 0 unspecified atom stereocenters. The molecule has 1 heterocycles. The van der Waals surface area contributed by atoms with Gasteiger partial charge in [-0.1, -0.05) is 0 Å². The van der Waals surface area contributed by atoms with Crippen LogP contribution in [0.1, 0.15) is 18.4 Å². The highest BCUT2D eigenvalue weighted by atomic mass is 16.6. The summed E-state index contributed by atoms with van der Waals surface area (Å²) in [6.07, 6.45) is 2.58. The molecule has 1 aromatic carbocycles. The summed E-state index contributed by atoms with van der Waals surface area (Å²) in [5.74, 6) is 0.685. The molecule has 1 aliphatic heterocycles. The number of benzene rings is 1. The lowest BCUT2D eigenvalue weighted by Crippen LogP contribution is -2.29. The van der Waals surface area contributed by atoms with E-state index in [1.807, 2.05) is 0 Å². The van der Waals surface area contributed by atoms with Crippen molar-refractivity contribution in [2.75, 3.05) is 33.3 Å². The normalized spacial score (nSPS) is 15.4. The first kappa shape index (κ1) is 14.7. The SMILES string of the molecule is COc1ccc([N+](=O)[O-])cc1CNCCN1CCCC1. The number of nitro groups is 1. The number of nitrogens with zero attached hydrogens (tertiary/aromatic N) is 2. The predicted molar refractivity (Wildman–Crippen MR) is 77.0 cm³/mol. The van der Waals surface area contributed by atoms with E-state index in [9.17, 15) is 10.1 Å². The second-order valence-corrected chi connectivity index (χ2v) is 4.98. The van der Waals surface area contributed by atoms with Gasteiger partial charge in [-0.25, -0.2) is 0 Å². The molecule has 0 aliphatic carbocycles. The maximum Gasteiger partial charge on any atom is 0.270 e. The summed E-state index contributed by atoms with van der Waals surface area (Å²) >= 11 is 0. The molecule has 2 rings (SSSR count). The lowest BCUT2D eigenvalue weighted by molar-refractivity contribution is -0.384. The predicted octanol–water partition coefficient (Wildman–Crippen LogP) is 1.79. The van der Waals surface area contributed by atoms with Crippen LogP contribution in [0.25, 0.3) is 0 Å². The molecule has 0 bridgehead atoms. The summed E-state index contributed by atoms with van der Waals surface area (Å²) in [6.45, 7) is 4.85. The molecule has 0 aromatic heterocycles. The number of likely N-dealkylation sites (tertiary alicyclic amines) is 1. The van der Waals surface area contributed by atoms with Gasteiger partial charge < -0.3 is 15.0 Å². The molecule has 1 aliphatic rings. The van der Waals surface area contributed by atoms with Crippen LogP contribution >= 0.6 is 0 Å². The van der Waals surface area contributed by atoms with E-state index in [0.717, 1.165) is 18.7 Å². The maximum absolute atomic E-state index is 10.8. The number of rotatable bonds is 7. The molecule has 1 saturated heterocycles. The van der Waals surface area contributed by atoms with Crippen molar-refractivity contribution >= 4 is 5.69 Å². The van der Waals surface area contributed by atoms with Gasteiger partial charge >= 0.3 is 0 Å². The van der Waals surface area contributed by atoms with E-state index in [4.69, 9.17) is 4.74 Å². The zero-order valence-corrected chi connectivity index (χ0v) is 11.8. The largest absolute Gasteiger partial charge is 0.496 e. The first-order valence-electron chi connectivity index (χ1n) is 6.95. The van der Waals surface area contributed by atoms with Crippen molar-refractivity contribution in [3.63, 3.8) is 0 Å². The Morgan fingerprint density at radius 1 is 1.40 bits per heavy atom. The minimum atomic E-state index is -0.382. The smallest absolute Gasteiger partial charge is 0.270 e. The molecule has 0 radical (unpaired) electrons. The highest BCUT2D eigenvalue weighted by Crippen LogP contribution is 2.23. The number of nitro benzene ring substituents is 1. The first-order valence-corrected chi connectivity index (χ1v) is 6.95. The third kappa shape index (κ3) is 3.91. The van der Waals surface area contributed by atoms with E-state index in [1.54, 1.807) is 19.2 Å². The quantitative estimate of drug-likeness (QED) is 0.468. The molecule has 0 spiro atoms. The Labute approximate surface area is 118 Å². The second kappa shape index (κ2) is 7.21. The fourth-order valence-electron chi connectivity index (χ4n) is 2.48. The topological polar surface area (TPSA) is 67.6 Å². The van der Waals surface area contributed by atoms with Crippen LogP contribution in [-0.2, 0) is 6.54 Å². The minimum Gasteiger partial charge on any atom is -0.496 e. The number of hydrogen-bond acceptors (Lipinski definition) is 5. The van der Waals surface area contributed by atoms with E-state index < -0.39 is 0 Å². The summed E-state index contributed by atoms with van der Waals surface area (Å²) in [7, 11) is 1.58. The summed E-state index contributed by atoms with van der Waals surface area (Å²) < 4.78 is 5.24. The van der Waals surface area contributed by atoms with Crippen LogP contribution in [0.2, 0.25) is 0 Å². The van der Waals surface area contributed by atoms with Crippen molar-refractivity contribution in [2.45, 2.75) is 19.4 Å². The lowest BCUT2D eigenvalue weighted by Gasteiger charge is -2.15. The molecule has 1 fully saturated rings. The van der Waals surface area contributed by atoms with Crippen LogP contribution < -0.4 is 10.1 Å². The number of non-ortho nitro benzene ring substituents is 1. The van der Waals surface area contributed by atoms with Crippen LogP contribution in [0.3, 0.4) is 0 Å². The molecular formula is C14H21N3O3. The number of ether oxygens (including phenoxy) is 1. The Bertz CT molecular complexity index is 459. The van der Waals surface area contributed by atoms with E-state index in [1.165, 1.54) is 32.0 Å². The fourth-order valence-corrected chi connectivity index (χ4v) is 2.48. The number of nitrogens with one attached hydrogen (secondary N) is 1. The highest BCUT2D eigenvalue weighted by molar-refractivity contribution is 5.43. The van der Waals surface area contributed by atoms with Crippen molar-refractivity contribution in [1.29, 1.82) is 0 Å². The van der Waals surface area contributed by atoms with Gasteiger partial charge in [-0.3, -0.25) is 10.1 Å². The molecule has 6 heteroatoms. The van der Waals surface area contributed by atoms with Gasteiger partial charge in [0, 0.05) is 37.3 Å². The van der Waals surface area contributed by atoms with E-state index in [-0.39, 0.29) is 10.6 Å². The average Bonchev–Trinajstić information content (AvgIpc) is 2.96. The zero-order chi connectivity index (χ0) is 14.4. The Kier molecular flexibility index (Phi) is 5.31. The third-order valence-corrected chi connectivity index (χ3v) is 3.59. The van der Waals surface area contributed by atoms with Gasteiger partial charge in [0.1, 0.15) is 5.75 Å². The molecule has 0 saturated carbocycles. The average molecular weight is 279 g/mol. The first-order chi connectivity index (χ1) is 9.70. The Hall–Kier alpha value is -1.66. The van der Waals surface area contributed by atoms with E-state index >= 15 is 0 Å². The number of hydrogen-bond donors (Lipinski definition) is 1. The minimum absolute atomic E-state index is 0.0992. The maximum atomic E-state index is 10.8. The van der Waals surface area contributed by atoms with Crippen LogP contribution in [0.4, 0.5) is 5.69 Å². The van der Waals surface area contributed by atoms with Gasteiger partial charge in [0.15, 0.2) is 0 Å². The van der Waals surface area contributed by atoms with Crippen molar-refractivity contribution in [3.05, 3.63) is 33.9 Å². The summed E-state index contributed by atoms with van der Waals surface area (Å²) in [6, 6.07) is 4.68. The molecule has 110 valence electrons. The van der Waals surface area contributed by atoms with Crippen LogP contribution in [0.15, 0.2) is 18.2 Å². The van der Waals surface area contributed by atoms with Crippen LogP contribution in [-0.4, -0.2) is 43.1 Å². The molecule has 0 amide bonds. The van der Waals surface area contributed by atoms with Crippen molar-refractivity contribution in [1.82, 2.24) is 10.2 Å². The zero-order valence-electron chi connectivity index (χ0n) is 11.8. The van der Waals surface area contributed by atoms with Crippen molar-refractivity contribution in [3.8, 4) is 5.75 Å². The highest BCUT2D eigenvalue weighted by Gasteiger charge is 2.12. The van der Waals surface area contributed by atoms with Gasteiger partial charge in [-0.05, 0) is 32.0 Å². The molecule has 0 atom stereocenters. The van der Waals surface area contributed by atoms with Gasteiger partial charge in [0.05, 0.1) is 12.0 Å². The summed E-state index contributed by atoms with van der Waals surface area (Å²) in [5.41, 5.74) is 0.922. The third-order valence-electron chi connectivity index (χ3n) is 3.59. The Morgan fingerprint density at radius 3 is 2.80 bits per heavy atom. The Morgan fingerprint density at radius 2 is 2.15 bits per heavy atom. The monoisotopic (exact) mass is 279 g/mol. The molecule has 20 heavy (non-hydrogen) atoms. The Balaban J connectivity index is 1.86. The van der Waals surface area contributed by atoms with Crippen molar-refractivity contribution < 1.29 is 9.66 Å². The molecule has 1 N–H and O–H groups in total. The lowest BCUT2D eigenvalue weighted by atomic mass is 10.1. The van der Waals surface area contributed by atoms with Gasteiger partial charge in [-0.2, -0.15) is 0 Å². The van der Waals surface area contributed by atoms with Gasteiger partial charge in [0.25, 0.3) is 5.69 Å². The number of methoxy groups -OCH3 is 1. The molecule has 1 aromatic rings. The van der Waals surface area contributed by atoms with Crippen LogP contribution in [0, 0.1) is 10.1 Å². The van der Waals surface area contributed by atoms with E-state index in [2.05, 4.69) is 10.2 Å². The summed E-state index contributed by atoms with van der Waals surface area (Å²) in [5, 5.41) is 14.1. The molecular weight excluding hydrogens is 258 g/mol.